The van der Waals surface area contributed by atoms with E-state index < -0.39 is 11.9 Å². The fourth-order valence-corrected chi connectivity index (χ4v) is 2.38. The lowest BCUT2D eigenvalue weighted by atomic mass is 10.1. The monoisotopic (exact) mass is 330 g/mol. The molecule has 2 rings (SSSR count). The number of carbonyl (C=O) groups excluding carboxylic acids is 2. The molecule has 1 aromatic heterocycles. The van der Waals surface area contributed by atoms with E-state index >= 15 is 0 Å². The number of benzene rings is 1. The molecule has 0 saturated heterocycles. The summed E-state index contributed by atoms with van der Waals surface area (Å²) in [6.07, 6.45) is 1.69. The molecule has 0 aliphatic carbocycles. The van der Waals surface area contributed by atoms with E-state index in [1.807, 2.05) is 5.38 Å². The molecular weight excluding hydrogens is 316 g/mol. The Morgan fingerprint density at radius 1 is 1.13 bits per heavy atom. The molecule has 0 radical (unpaired) electrons. The summed E-state index contributed by atoms with van der Waals surface area (Å²) in [6.45, 7) is 1.79. The van der Waals surface area contributed by atoms with Crippen molar-refractivity contribution >= 4 is 40.5 Å². The highest BCUT2D eigenvalue weighted by Crippen LogP contribution is 2.21. The predicted molar refractivity (Wildman–Crippen MR) is 88.9 cm³/mol. The normalized spacial score (nSPS) is 10.5. The first-order valence-electron chi connectivity index (χ1n) is 6.63. The van der Waals surface area contributed by atoms with Gasteiger partial charge in [0.05, 0.1) is 4.88 Å². The second kappa shape index (κ2) is 7.37. The average molecular weight is 330 g/mol. The van der Waals surface area contributed by atoms with Crippen molar-refractivity contribution in [3.63, 3.8) is 0 Å². The van der Waals surface area contributed by atoms with Crippen LogP contribution in [0.3, 0.4) is 0 Å². The summed E-state index contributed by atoms with van der Waals surface area (Å²) in [7, 11) is 0. The topological polar surface area (TPSA) is 95.5 Å². The summed E-state index contributed by atoms with van der Waals surface area (Å²) in [4.78, 5) is 34.6. The van der Waals surface area contributed by atoms with Gasteiger partial charge in [-0.15, -0.1) is 11.3 Å². The molecule has 0 atom stereocenters. The molecule has 0 spiro atoms. The number of carbonyl (C=O) groups is 3. The van der Waals surface area contributed by atoms with Gasteiger partial charge in [0.2, 0.25) is 5.91 Å². The first kappa shape index (κ1) is 16.4. The zero-order chi connectivity index (χ0) is 16.8. The number of aryl methyl sites for hydroxylation is 1. The third-order valence-electron chi connectivity index (χ3n) is 2.88. The van der Waals surface area contributed by atoms with E-state index in [0.717, 1.165) is 17.7 Å². The molecule has 1 aromatic carbocycles. The first-order valence-corrected chi connectivity index (χ1v) is 7.51. The highest BCUT2D eigenvalue weighted by Gasteiger charge is 2.09. The van der Waals surface area contributed by atoms with E-state index in [1.54, 1.807) is 37.3 Å². The number of aliphatic carboxylic acids is 1. The van der Waals surface area contributed by atoms with E-state index in [4.69, 9.17) is 5.11 Å². The van der Waals surface area contributed by atoms with Crippen molar-refractivity contribution in [3.8, 4) is 0 Å². The smallest absolute Gasteiger partial charge is 0.328 e. The maximum absolute atomic E-state index is 12.0. The van der Waals surface area contributed by atoms with Crippen LogP contribution in [0, 0.1) is 6.92 Å². The van der Waals surface area contributed by atoms with Gasteiger partial charge in [0.25, 0.3) is 5.91 Å². The predicted octanol–water partition coefficient (Wildman–Crippen LogP) is 2.89. The zero-order valence-electron chi connectivity index (χ0n) is 12.2. The van der Waals surface area contributed by atoms with Crippen LogP contribution in [0.4, 0.5) is 11.4 Å². The van der Waals surface area contributed by atoms with Gasteiger partial charge in [-0.1, -0.05) is 12.1 Å². The van der Waals surface area contributed by atoms with Gasteiger partial charge in [0.1, 0.15) is 0 Å². The van der Waals surface area contributed by atoms with Crippen LogP contribution in [0.2, 0.25) is 0 Å². The third kappa shape index (κ3) is 4.79. The highest BCUT2D eigenvalue weighted by atomic mass is 32.1. The first-order chi connectivity index (χ1) is 11.0. The van der Waals surface area contributed by atoms with Crippen LogP contribution < -0.4 is 10.6 Å². The average Bonchev–Trinajstić information content (AvgIpc) is 3.03. The second-order valence-corrected chi connectivity index (χ2v) is 5.57. The lowest BCUT2D eigenvalue weighted by Gasteiger charge is -2.10. The summed E-state index contributed by atoms with van der Waals surface area (Å²) in [6, 6.07) is 8.60. The minimum atomic E-state index is -1.20. The van der Waals surface area contributed by atoms with Crippen molar-refractivity contribution in [2.45, 2.75) is 6.92 Å². The summed E-state index contributed by atoms with van der Waals surface area (Å²) >= 11 is 1.33. The van der Waals surface area contributed by atoms with Crippen molar-refractivity contribution in [2.75, 3.05) is 10.6 Å². The molecule has 118 valence electrons. The molecule has 2 aromatic rings. The van der Waals surface area contributed by atoms with E-state index in [0.29, 0.717) is 16.3 Å². The molecule has 0 bridgehead atoms. The number of thiophene rings is 1. The Morgan fingerprint density at radius 2 is 1.91 bits per heavy atom. The van der Waals surface area contributed by atoms with Gasteiger partial charge in [-0.05, 0) is 36.1 Å². The molecule has 7 heteroatoms. The lowest BCUT2D eigenvalue weighted by Crippen LogP contribution is -2.12. The van der Waals surface area contributed by atoms with Crippen LogP contribution >= 0.6 is 11.3 Å². The molecular formula is C16H14N2O4S. The minimum Gasteiger partial charge on any atom is -0.478 e. The maximum Gasteiger partial charge on any atom is 0.328 e. The Morgan fingerprint density at radius 3 is 2.57 bits per heavy atom. The summed E-state index contributed by atoms with van der Waals surface area (Å²) in [5.41, 5.74) is 1.82. The molecule has 1 heterocycles. The van der Waals surface area contributed by atoms with E-state index in [1.165, 1.54) is 11.3 Å². The quantitative estimate of drug-likeness (QED) is 0.735. The highest BCUT2D eigenvalue weighted by molar-refractivity contribution is 7.12. The Kier molecular flexibility index (Phi) is 5.27. The molecule has 6 nitrogen and oxygen atoms in total. The Hall–Kier alpha value is -2.93. The van der Waals surface area contributed by atoms with Gasteiger partial charge < -0.3 is 15.7 Å². The lowest BCUT2D eigenvalue weighted by molar-refractivity contribution is -0.131. The van der Waals surface area contributed by atoms with Gasteiger partial charge in [-0.3, -0.25) is 9.59 Å². The van der Waals surface area contributed by atoms with Crippen molar-refractivity contribution in [1.82, 2.24) is 0 Å². The van der Waals surface area contributed by atoms with E-state index in [2.05, 4.69) is 10.6 Å². The number of nitrogens with one attached hydrogen (secondary N) is 2. The Balaban J connectivity index is 2.11. The van der Waals surface area contributed by atoms with Gasteiger partial charge in [-0.2, -0.15) is 0 Å². The van der Waals surface area contributed by atoms with Crippen LogP contribution in [0.5, 0.6) is 0 Å². The maximum atomic E-state index is 12.0. The molecule has 3 N–H and O–H groups in total. The van der Waals surface area contributed by atoms with E-state index in [-0.39, 0.29) is 5.91 Å². The molecule has 0 fully saturated rings. The largest absolute Gasteiger partial charge is 0.478 e. The molecule has 23 heavy (non-hydrogen) atoms. The fourth-order valence-electron chi connectivity index (χ4n) is 1.76. The van der Waals surface area contributed by atoms with Crippen molar-refractivity contribution in [2.24, 2.45) is 0 Å². The number of carboxylic acid groups (broad SMARTS) is 1. The number of amides is 2. The van der Waals surface area contributed by atoms with Crippen LogP contribution in [-0.4, -0.2) is 22.9 Å². The van der Waals surface area contributed by atoms with Crippen LogP contribution in [-0.2, 0) is 9.59 Å². The van der Waals surface area contributed by atoms with Crippen LogP contribution in [0.25, 0.3) is 0 Å². The molecule has 0 saturated carbocycles. The number of anilines is 2. The Labute approximate surface area is 136 Å². The standard InChI is InChI=1S/C16H14N2O4S/c1-10-4-5-11(17-16(22)13-3-2-8-23-13)9-12(10)18-14(19)6-7-15(20)21/h2-9H,1H3,(H,17,22)(H,18,19)(H,20,21). The SMILES string of the molecule is Cc1ccc(NC(=O)c2cccs2)cc1NC(=O)C=CC(=O)O. The third-order valence-corrected chi connectivity index (χ3v) is 3.74. The molecule has 0 aliphatic heterocycles. The number of rotatable bonds is 5. The zero-order valence-corrected chi connectivity index (χ0v) is 13.0. The van der Waals surface area contributed by atoms with E-state index in [9.17, 15) is 14.4 Å². The van der Waals surface area contributed by atoms with Crippen molar-refractivity contribution in [1.29, 1.82) is 0 Å². The van der Waals surface area contributed by atoms with Crippen LogP contribution in [0.1, 0.15) is 15.2 Å². The minimum absolute atomic E-state index is 0.230. The van der Waals surface area contributed by atoms with Crippen molar-refractivity contribution in [3.05, 3.63) is 58.3 Å². The van der Waals surface area contributed by atoms with Crippen LogP contribution in [0.15, 0.2) is 47.9 Å². The van der Waals surface area contributed by atoms with Gasteiger partial charge in [0, 0.05) is 23.5 Å². The van der Waals surface area contributed by atoms with Crippen molar-refractivity contribution < 1.29 is 19.5 Å². The fraction of sp³-hybridized carbons (Fsp3) is 0.0625. The number of hydrogen-bond acceptors (Lipinski definition) is 4. The molecule has 0 aliphatic rings. The Bertz CT molecular complexity index is 766. The number of carboxylic acids is 1. The summed E-state index contributed by atoms with van der Waals surface area (Å²) in [5, 5.41) is 15.6. The molecule has 0 unspecified atom stereocenters. The summed E-state index contributed by atoms with van der Waals surface area (Å²) < 4.78 is 0. The molecule has 2 amide bonds. The van der Waals surface area contributed by atoms with Gasteiger partial charge in [-0.25, -0.2) is 4.79 Å². The number of hydrogen-bond donors (Lipinski definition) is 3. The second-order valence-electron chi connectivity index (χ2n) is 4.62. The van der Waals surface area contributed by atoms with Gasteiger partial charge >= 0.3 is 5.97 Å². The summed E-state index contributed by atoms with van der Waals surface area (Å²) in [5.74, 6) is -1.99. The van der Waals surface area contributed by atoms with Gasteiger partial charge in [0.15, 0.2) is 0 Å².